The number of amides is 2. The third kappa shape index (κ3) is 6.23. The Morgan fingerprint density at radius 2 is 1.81 bits per heavy atom. The molecule has 2 amide bonds. The lowest BCUT2D eigenvalue weighted by atomic mass is 9.96. The molecular formula is C33H32ClN3O6. The van der Waals surface area contributed by atoms with Gasteiger partial charge in [0.05, 0.1) is 29.6 Å². The van der Waals surface area contributed by atoms with Crippen LogP contribution in [-0.4, -0.2) is 61.4 Å². The lowest BCUT2D eigenvalue weighted by Gasteiger charge is -2.31. The molecule has 0 aliphatic carbocycles. The van der Waals surface area contributed by atoms with E-state index < -0.39 is 0 Å². The molecule has 6 rings (SSSR count). The molecule has 3 heterocycles. The average Bonchev–Trinajstić information content (AvgIpc) is 3.33. The molecule has 0 radical (unpaired) electrons. The molecule has 0 atom stereocenters. The predicted molar refractivity (Wildman–Crippen MR) is 162 cm³/mol. The molecule has 1 aromatic heterocycles. The first-order valence-corrected chi connectivity index (χ1v) is 14.6. The van der Waals surface area contributed by atoms with Gasteiger partial charge in [0, 0.05) is 25.1 Å². The maximum absolute atomic E-state index is 13.7. The van der Waals surface area contributed by atoms with Gasteiger partial charge in [-0.25, -0.2) is 0 Å². The number of aromatic nitrogens is 1. The fourth-order valence-corrected chi connectivity index (χ4v) is 5.80. The highest BCUT2D eigenvalue weighted by Gasteiger charge is 2.30. The molecule has 9 nitrogen and oxygen atoms in total. The molecule has 2 aliphatic heterocycles. The number of carbonyl (C=O) groups excluding carboxylic acids is 2. The Balaban J connectivity index is 1.26. The summed E-state index contributed by atoms with van der Waals surface area (Å²) in [5, 5.41) is 4.51. The summed E-state index contributed by atoms with van der Waals surface area (Å²) in [4.78, 5) is 29.6. The van der Waals surface area contributed by atoms with Gasteiger partial charge in [0.1, 0.15) is 24.7 Å². The molecule has 2 aliphatic rings. The second kappa shape index (κ2) is 12.5. The van der Waals surface area contributed by atoms with E-state index >= 15 is 0 Å². The van der Waals surface area contributed by atoms with E-state index in [1.165, 1.54) is 4.90 Å². The zero-order valence-corrected chi connectivity index (χ0v) is 24.9. The lowest BCUT2D eigenvalue weighted by molar-refractivity contribution is -0.133. The van der Waals surface area contributed by atoms with Crippen LogP contribution in [0.3, 0.4) is 0 Å². The normalized spacial score (nSPS) is 15.6. The summed E-state index contributed by atoms with van der Waals surface area (Å²) in [7, 11) is 0. The smallest absolute Gasteiger partial charge is 0.265 e. The van der Waals surface area contributed by atoms with Crippen molar-refractivity contribution in [2.75, 3.05) is 44.4 Å². The van der Waals surface area contributed by atoms with Gasteiger partial charge in [-0.3, -0.25) is 14.5 Å². The van der Waals surface area contributed by atoms with Crippen LogP contribution < -0.4 is 14.4 Å². The molecule has 0 saturated carbocycles. The molecule has 43 heavy (non-hydrogen) atoms. The van der Waals surface area contributed by atoms with Crippen molar-refractivity contribution in [2.45, 2.75) is 26.8 Å². The standard InChI is InChI=1S/C33H32ClN3O6/c1-21-32(22(2)43-35-21)25-9-10-29-26(17-25)16-23-5-3-6-24(15-23)18-36(11-12-40-13-14-41-29)30(38)19-37-28-8-4-7-27(34)33(28)42-20-31(37)39/h3-10,15,17H,11-14,16,18-20H2,1-2H3. The fraction of sp³-hybridized carbons (Fsp3) is 0.303. The quantitative estimate of drug-likeness (QED) is 0.312. The summed E-state index contributed by atoms with van der Waals surface area (Å²) < 4.78 is 23.0. The molecule has 0 unspecified atom stereocenters. The number of carbonyl (C=O) groups is 2. The van der Waals surface area contributed by atoms with Gasteiger partial charge >= 0.3 is 0 Å². The van der Waals surface area contributed by atoms with Crippen molar-refractivity contribution in [1.29, 1.82) is 0 Å². The van der Waals surface area contributed by atoms with E-state index in [2.05, 4.69) is 23.4 Å². The molecule has 0 spiro atoms. The van der Waals surface area contributed by atoms with E-state index in [1.807, 2.05) is 38.1 Å². The van der Waals surface area contributed by atoms with E-state index in [9.17, 15) is 9.59 Å². The summed E-state index contributed by atoms with van der Waals surface area (Å²) >= 11 is 6.29. The first-order valence-electron chi connectivity index (χ1n) is 14.2. The van der Waals surface area contributed by atoms with Gasteiger partial charge < -0.3 is 23.6 Å². The second-order valence-electron chi connectivity index (χ2n) is 10.7. The summed E-state index contributed by atoms with van der Waals surface area (Å²) in [5.74, 6) is 1.48. The number of nitrogens with zero attached hydrogens (tertiary/aromatic N) is 3. The van der Waals surface area contributed by atoms with Crippen LogP contribution in [0.4, 0.5) is 5.69 Å². The highest BCUT2D eigenvalue weighted by Crippen LogP contribution is 2.38. The van der Waals surface area contributed by atoms with E-state index in [1.54, 1.807) is 23.1 Å². The lowest BCUT2D eigenvalue weighted by Crippen LogP contribution is -2.47. The van der Waals surface area contributed by atoms with Gasteiger partial charge in [0.2, 0.25) is 5.91 Å². The topological polar surface area (TPSA) is 94.3 Å². The van der Waals surface area contributed by atoms with Crippen LogP contribution in [0.5, 0.6) is 11.5 Å². The van der Waals surface area contributed by atoms with Gasteiger partial charge in [0.15, 0.2) is 12.4 Å². The number of para-hydroxylation sites is 1. The number of aryl methyl sites for hydroxylation is 2. The second-order valence-corrected chi connectivity index (χ2v) is 11.1. The number of rotatable bonds is 3. The Kier molecular flexibility index (Phi) is 8.35. The number of anilines is 1. The Bertz CT molecular complexity index is 1650. The van der Waals surface area contributed by atoms with E-state index in [0.717, 1.165) is 45.0 Å². The third-order valence-electron chi connectivity index (χ3n) is 7.66. The molecule has 10 heteroatoms. The predicted octanol–water partition coefficient (Wildman–Crippen LogP) is 5.37. The molecule has 0 N–H and O–H groups in total. The highest BCUT2D eigenvalue weighted by molar-refractivity contribution is 6.32. The van der Waals surface area contributed by atoms with Gasteiger partial charge in [-0.2, -0.15) is 0 Å². The Labute approximate surface area is 254 Å². The number of fused-ring (bicyclic) bond motifs is 4. The summed E-state index contributed by atoms with van der Waals surface area (Å²) in [5.41, 5.74) is 6.42. The van der Waals surface area contributed by atoms with Crippen molar-refractivity contribution < 1.29 is 28.3 Å². The number of hydrogen-bond donors (Lipinski definition) is 0. The van der Waals surface area contributed by atoms with Gasteiger partial charge in [-0.15, -0.1) is 0 Å². The molecule has 0 fully saturated rings. The largest absolute Gasteiger partial charge is 0.491 e. The van der Waals surface area contributed by atoms with Crippen molar-refractivity contribution in [3.8, 4) is 22.6 Å². The first kappa shape index (κ1) is 28.8. The number of halogens is 1. The molecule has 3 aromatic carbocycles. The molecular weight excluding hydrogens is 570 g/mol. The van der Waals surface area contributed by atoms with Crippen LogP contribution in [0.2, 0.25) is 5.02 Å². The zero-order chi connectivity index (χ0) is 29.9. The van der Waals surface area contributed by atoms with Gasteiger partial charge in [-0.05, 0) is 60.4 Å². The Hall–Kier alpha value is -4.34. The Morgan fingerprint density at radius 1 is 0.977 bits per heavy atom. The molecule has 2 bridgehead atoms. The number of ether oxygens (including phenoxy) is 3. The highest BCUT2D eigenvalue weighted by atomic mass is 35.5. The van der Waals surface area contributed by atoms with Crippen LogP contribution in [0, 0.1) is 13.8 Å². The summed E-state index contributed by atoms with van der Waals surface area (Å²) in [6.45, 7) is 5.34. The fourth-order valence-electron chi connectivity index (χ4n) is 5.57. The summed E-state index contributed by atoms with van der Waals surface area (Å²) in [6, 6.07) is 19.5. The number of benzene rings is 3. The van der Waals surface area contributed by atoms with Gasteiger partial charge in [-0.1, -0.05) is 53.2 Å². The summed E-state index contributed by atoms with van der Waals surface area (Å²) in [6.07, 6.45) is 0.634. The SMILES string of the molecule is Cc1noc(C)c1-c1ccc2c(c1)Cc1cccc(c1)CN(C(=O)CN1C(=O)COc3c(Cl)cccc31)CCOCCO2. The Morgan fingerprint density at radius 3 is 2.65 bits per heavy atom. The van der Waals surface area contributed by atoms with Crippen molar-refractivity contribution in [3.63, 3.8) is 0 Å². The minimum absolute atomic E-state index is 0.129. The van der Waals surface area contributed by atoms with E-state index in [-0.39, 0.29) is 25.0 Å². The van der Waals surface area contributed by atoms with Crippen molar-refractivity contribution in [3.05, 3.63) is 93.8 Å². The maximum Gasteiger partial charge on any atom is 0.265 e. The minimum atomic E-state index is -0.296. The minimum Gasteiger partial charge on any atom is -0.491 e. The zero-order valence-electron chi connectivity index (χ0n) is 24.1. The average molecular weight is 602 g/mol. The monoisotopic (exact) mass is 601 g/mol. The molecule has 222 valence electrons. The van der Waals surface area contributed by atoms with Crippen LogP contribution in [0.25, 0.3) is 11.1 Å². The maximum atomic E-state index is 13.7. The third-order valence-corrected chi connectivity index (χ3v) is 7.95. The van der Waals surface area contributed by atoms with Crippen LogP contribution in [0.15, 0.2) is 65.2 Å². The van der Waals surface area contributed by atoms with Crippen molar-refractivity contribution >= 4 is 29.1 Å². The van der Waals surface area contributed by atoms with Crippen molar-refractivity contribution in [1.82, 2.24) is 10.1 Å². The van der Waals surface area contributed by atoms with E-state index in [0.29, 0.717) is 55.8 Å². The number of hydrogen-bond acceptors (Lipinski definition) is 7. The van der Waals surface area contributed by atoms with E-state index in [4.69, 9.17) is 30.3 Å². The van der Waals surface area contributed by atoms with Crippen molar-refractivity contribution in [2.24, 2.45) is 0 Å². The first-order chi connectivity index (χ1) is 20.9. The molecule has 0 saturated heterocycles. The van der Waals surface area contributed by atoms with Crippen LogP contribution in [-0.2, 0) is 27.3 Å². The molecule has 4 aromatic rings. The van der Waals surface area contributed by atoms with Crippen LogP contribution in [0.1, 0.15) is 28.1 Å². The van der Waals surface area contributed by atoms with Gasteiger partial charge in [0.25, 0.3) is 5.91 Å². The van der Waals surface area contributed by atoms with Crippen LogP contribution >= 0.6 is 11.6 Å².